The summed E-state index contributed by atoms with van der Waals surface area (Å²) in [5.41, 5.74) is -0.421. The molecule has 2 aromatic heterocycles. The van der Waals surface area contributed by atoms with E-state index in [4.69, 9.17) is 4.52 Å². The first-order valence-corrected chi connectivity index (χ1v) is 9.58. The first kappa shape index (κ1) is 15.5. The zero-order valence-electron chi connectivity index (χ0n) is 14.0. The fraction of sp³-hybridized carbons (Fsp3) is 0.647. The molecular formula is C17H20BrN5O2. The van der Waals surface area contributed by atoms with Crippen molar-refractivity contribution in [3.8, 4) is 0 Å². The molecule has 1 N–H and O–H groups in total. The molecule has 4 aliphatic rings. The maximum atomic E-state index is 13.2. The fourth-order valence-corrected chi connectivity index (χ4v) is 6.16. The molecule has 1 amide bonds. The van der Waals surface area contributed by atoms with Crippen LogP contribution < -0.4 is 5.32 Å². The summed E-state index contributed by atoms with van der Waals surface area (Å²) in [6.07, 6.45) is 7.98. The third-order valence-corrected chi connectivity index (χ3v) is 6.69. The Morgan fingerprint density at radius 1 is 1.36 bits per heavy atom. The van der Waals surface area contributed by atoms with Gasteiger partial charge in [-0.3, -0.25) is 4.79 Å². The summed E-state index contributed by atoms with van der Waals surface area (Å²) in [4.78, 5) is 17.5. The minimum absolute atomic E-state index is 0.0819. The van der Waals surface area contributed by atoms with Crippen LogP contribution in [-0.2, 0) is 10.3 Å². The van der Waals surface area contributed by atoms with Crippen molar-refractivity contribution in [3.05, 3.63) is 22.9 Å². The molecule has 4 atom stereocenters. The van der Waals surface area contributed by atoms with Gasteiger partial charge in [-0.15, -0.1) is 5.10 Å². The smallest absolute Gasteiger partial charge is 0.231 e. The van der Waals surface area contributed by atoms with Gasteiger partial charge in [-0.05, 0) is 73.2 Å². The van der Waals surface area contributed by atoms with Crippen molar-refractivity contribution in [3.63, 3.8) is 0 Å². The van der Waals surface area contributed by atoms with Gasteiger partial charge in [0.25, 0.3) is 0 Å². The highest BCUT2D eigenvalue weighted by Gasteiger charge is 2.61. The molecule has 0 aromatic carbocycles. The van der Waals surface area contributed by atoms with Crippen molar-refractivity contribution in [2.45, 2.75) is 51.0 Å². The monoisotopic (exact) mass is 405 g/mol. The second kappa shape index (κ2) is 5.16. The third-order valence-electron chi connectivity index (χ3n) is 6.33. The molecular weight excluding hydrogens is 386 g/mol. The maximum absolute atomic E-state index is 13.2. The van der Waals surface area contributed by atoms with E-state index in [2.05, 4.69) is 36.5 Å². The zero-order valence-corrected chi connectivity index (χ0v) is 15.6. The summed E-state index contributed by atoms with van der Waals surface area (Å²) in [7, 11) is 0. The van der Waals surface area contributed by atoms with Gasteiger partial charge in [0.1, 0.15) is 12.1 Å². The van der Waals surface area contributed by atoms with Gasteiger partial charge in [0.15, 0.2) is 5.82 Å². The van der Waals surface area contributed by atoms with Crippen LogP contribution in [0.3, 0.4) is 0 Å². The van der Waals surface area contributed by atoms with Crippen LogP contribution in [0.15, 0.2) is 21.7 Å². The molecule has 0 spiro atoms. The van der Waals surface area contributed by atoms with Gasteiger partial charge in [0, 0.05) is 6.07 Å². The van der Waals surface area contributed by atoms with Crippen LogP contribution in [0.5, 0.6) is 0 Å². The topological polar surface area (TPSA) is 85.8 Å². The molecule has 8 heteroatoms. The largest absolute Gasteiger partial charge is 0.360 e. The average Bonchev–Trinajstić information content (AvgIpc) is 3.15. The molecule has 0 saturated heterocycles. The molecule has 2 unspecified atom stereocenters. The Kier molecular flexibility index (Phi) is 3.21. The standard InChI is InChI=1S/C17H20BrN5O2/c1-10-2-13(22-25-10)20-14(24)16-4-11-3-12(5-16)7-17(6-11,8-16)23-9-19-15(18)21-23/h2,9,11-12H,3-8H2,1H3,(H,20,22,24)/t11-,12+,16?,17?. The molecule has 2 heterocycles. The number of aromatic nitrogens is 4. The molecule has 132 valence electrons. The number of nitrogens with one attached hydrogen (secondary N) is 1. The lowest BCUT2D eigenvalue weighted by Gasteiger charge is -2.60. The van der Waals surface area contributed by atoms with E-state index in [1.807, 2.05) is 17.9 Å². The van der Waals surface area contributed by atoms with E-state index in [9.17, 15) is 4.79 Å². The van der Waals surface area contributed by atoms with Gasteiger partial charge in [-0.25, -0.2) is 9.67 Å². The van der Waals surface area contributed by atoms with Crippen molar-refractivity contribution in [1.29, 1.82) is 0 Å². The Labute approximate surface area is 153 Å². The molecule has 0 aliphatic heterocycles. The molecule has 4 bridgehead atoms. The lowest BCUT2D eigenvalue weighted by molar-refractivity contribution is -0.150. The van der Waals surface area contributed by atoms with Crippen LogP contribution >= 0.6 is 15.9 Å². The van der Waals surface area contributed by atoms with Crippen molar-refractivity contribution >= 4 is 27.7 Å². The van der Waals surface area contributed by atoms with Crippen molar-refractivity contribution in [2.24, 2.45) is 17.3 Å². The number of rotatable bonds is 3. The van der Waals surface area contributed by atoms with Crippen molar-refractivity contribution in [1.82, 2.24) is 19.9 Å². The third kappa shape index (κ3) is 2.37. The average molecular weight is 406 g/mol. The van der Waals surface area contributed by atoms with E-state index in [0.29, 0.717) is 28.1 Å². The number of hydrogen-bond donors (Lipinski definition) is 1. The maximum Gasteiger partial charge on any atom is 0.231 e. The number of carbonyl (C=O) groups excluding carboxylic acids is 1. The predicted octanol–water partition coefficient (Wildman–Crippen LogP) is 3.27. The molecule has 25 heavy (non-hydrogen) atoms. The number of carbonyl (C=O) groups is 1. The van der Waals surface area contributed by atoms with E-state index in [1.54, 1.807) is 6.07 Å². The summed E-state index contributed by atoms with van der Waals surface area (Å²) < 4.78 is 7.71. The molecule has 0 radical (unpaired) electrons. The normalized spacial score (nSPS) is 35.9. The fourth-order valence-electron chi connectivity index (χ4n) is 5.89. The molecule has 4 saturated carbocycles. The molecule has 7 nitrogen and oxygen atoms in total. The van der Waals surface area contributed by atoms with Gasteiger partial charge in [0.05, 0.1) is 11.0 Å². The summed E-state index contributed by atoms with van der Waals surface area (Å²) >= 11 is 3.36. The Balaban J connectivity index is 1.48. The lowest BCUT2D eigenvalue weighted by Crippen LogP contribution is -2.60. The van der Waals surface area contributed by atoms with E-state index < -0.39 is 0 Å². The van der Waals surface area contributed by atoms with Gasteiger partial charge < -0.3 is 9.84 Å². The van der Waals surface area contributed by atoms with Crippen LogP contribution in [0.25, 0.3) is 0 Å². The lowest BCUT2D eigenvalue weighted by atomic mass is 9.46. The Morgan fingerprint density at radius 3 is 2.72 bits per heavy atom. The highest BCUT2D eigenvalue weighted by atomic mass is 79.9. The van der Waals surface area contributed by atoms with Gasteiger partial charge in [-0.1, -0.05) is 5.16 Å². The van der Waals surface area contributed by atoms with Crippen LogP contribution in [0, 0.1) is 24.2 Å². The van der Waals surface area contributed by atoms with E-state index in [0.717, 1.165) is 32.1 Å². The zero-order chi connectivity index (χ0) is 17.2. The number of amides is 1. The van der Waals surface area contributed by atoms with Crippen LogP contribution in [0.1, 0.15) is 44.3 Å². The van der Waals surface area contributed by atoms with Crippen LogP contribution in [0.4, 0.5) is 5.82 Å². The SMILES string of the molecule is Cc1cc(NC(=O)C23C[C@H]4C[C@@H](C2)CC(n2cnc(Br)n2)(C4)C3)no1. The van der Waals surface area contributed by atoms with E-state index in [-0.39, 0.29) is 16.9 Å². The Hall–Kier alpha value is -1.70. The molecule has 4 aliphatic carbocycles. The highest BCUT2D eigenvalue weighted by Crippen LogP contribution is 2.64. The minimum Gasteiger partial charge on any atom is -0.360 e. The summed E-state index contributed by atoms with van der Waals surface area (Å²) in [5, 5.41) is 11.5. The van der Waals surface area contributed by atoms with Gasteiger partial charge in [0.2, 0.25) is 10.6 Å². The predicted molar refractivity (Wildman–Crippen MR) is 92.7 cm³/mol. The van der Waals surface area contributed by atoms with Crippen molar-refractivity contribution < 1.29 is 9.32 Å². The van der Waals surface area contributed by atoms with Gasteiger partial charge >= 0.3 is 0 Å². The second-order valence-electron chi connectivity index (χ2n) is 8.20. The number of anilines is 1. The summed E-state index contributed by atoms with van der Waals surface area (Å²) in [5.74, 6) is 2.45. The Morgan fingerprint density at radius 2 is 2.12 bits per heavy atom. The number of aryl methyl sites for hydroxylation is 1. The van der Waals surface area contributed by atoms with Gasteiger partial charge in [-0.2, -0.15) is 0 Å². The molecule has 2 aromatic rings. The number of nitrogens with zero attached hydrogens (tertiary/aromatic N) is 4. The minimum atomic E-state index is -0.338. The van der Waals surface area contributed by atoms with Crippen molar-refractivity contribution in [2.75, 3.05) is 5.32 Å². The summed E-state index contributed by atoms with van der Waals surface area (Å²) in [6, 6.07) is 1.77. The summed E-state index contributed by atoms with van der Waals surface area (Å²) in [6.45, 7) is 1.82. The van der Waals surface area contributed by atoms with Crippen LogP contribution in [-0.4, -0.2) is 25.8 Å². The quantitative estimate of drug-likeness (QED) is 0.846. The number of hydrogen-bond acceptors (Lipinski definition) is 5. The Bertz CT molecular complexity index is 830. The first-order valence-electron chi connectivity index (χ1n) is 8.79. The molecule has 4 fully saturated rings. The van der Waals surface area contributed by atoms with E-state index in [1.165, 1.54) is 6.42 Å². The van der Waals surface area contributed by atoms with E-state index >= 15 is 0 Å². The number of halogens is 1. The first-order chi connectivity index (χ1) is 12.0. The highest BCUT2D eigenvalue weighted by molar-refractivity contribution is 9.10. The second-order valence-corrected chi connectivity index (χ2v) is 8.91. The molecule has 6 rings (SSSR count). The van der Waals surface area contributed by atoms with Crippen LogP contribution in [0.2, 0.25) is 0 Å².